The number of hydrogen-bond acceptors (Lipinski definition) is 1. The molecule has 1 unspecified atom stereocenters. The summed E-state index contributed by atoms with van der Waals surface area (Å²) in [5.74, 6) is 0.140. The van der Waals surface area contributed by atoms with Crippen molar-refractivity contribution in [3.05, 3.63) is 29.8 Å². The number of phenolic OH excluding ortho intramolecular Hbond substituents is 1. The summed E-state index contributed by atoms with van der Waals surface area (Å²) in [6, 6.07) is 5.87. The highest BCUT2D eigenvalue weighted by Gasteiger charge is 2.02. The van der Waals surface area contributed by atoms with Gasteiger partial charge in [-0.1, -0.05) is 23.7 Å². The Morgan fingerprint density at radius 3 is 2.20 bits per heavy atom. The van der Waals surface area contributed by atoms with Gasteiger partial charge in [-0.15, -0.1) is 0 Å². The van der Waals surface area contributed by atoms with Crippen LogP contribution in [0.2, 0.25) is 0 Å². The number of hydrogen-bond donors (Lipinski definition) is 1. The maximum Gasteiger partial charge on any atom is 0.191 e. The summed E-state index contributed by atoms with van der Waals surface area (Å²) in [7, 11) is 0. The summed E-state index contributed by atoms with van der Waals surface area (Å²) in [5.41, 5.74) is -0.764. The van der Waals surface area contributed by atoms with Gasteiger partial charge in [0.15, 0.2) is 5.56 Å². The van der Waals surface area contributed by atoms with Crippen LogP contribution in [0.5, 0.6) is 5.75 Å². The third-order valence-electron chi connectivity index (χ3n) is 1.16. The second kappa shape index (κ2) is 2.90. The van der Waals surface area contributed by atoms with Crippen molar-refractivity contribution in [1.82, 2.24) is 0 Å². The molecule has 1 rings (SSSR count). The molecule has 1 aromatic rings. The third kappa shape index (κ3) is 1.62. The Labute approximate surface area is 63.7 Å². The first-order chi connectivity index (χ1) is 4.70. The lowest BCUT2D eigenvalue weighted by Gasteiger charge is -1.98. The van der Waals surface area contributed by atoms with Gasteiger partial charge in [0.2, 0.25) is 0 Å². The van der Waals surface area contributed by atoms with Crippen molar-refractivity contribution in [3.8, 4) is 5.75 Å². The lowest BCUT2D eigenvalue weighted by Crippen LogP contribution is -1.83. The molecule has 1 aromatic carbocycles. The van der Waals surface area contributed by atoms with Gasteiger partial charge in [0, 0.05) is 0 Å². The molecular formula is C7H6ClO2. The van der Waals surface area contributed by atoms with Crippen LogP contribution in [0, 0.1) is 0 Å². The number of aromatic hydroxyl groups is 1. The summed E-state index contributed by atoms with van der Waals surface area (Å²) in [4.78, 5) is 0. The van der Waals surface area contributed by atoms with E-state index in [-0.39, 0.29) is 5.75 Å². The number of phenols is 1. The zero-order valence-corrected chi connectivity index (χ0v) is 5.88. The minimum atomic E-state index is -1.24. The minimum absolute atomic E-state index is 0.140. The van der Waals surface area contributed by atoms with Crippen LogP contribution in [0.1, 0.15) is 11.1 Å². The normalized spacial score (nSPS) is 13.0. The van der Waals surface area contributed by atoms with Gasteiger partial charge >= 0.3 is 0 Å². The van der Waals surface area contributed by atoms with E-state index in [1.54, 1.807) is 0 Å². The Bertz CT molecular complexity index is 205. The van der Waals surface area contributed by atoms with Crippen LogP contribution in [0.25, 0.3) is 0 Å². The fraction of sp³-hybridized carbons (Fsp3) is 0.143. The average Bonchev–Trinajstić information content (AvgIpc) is 1.88. The van der Waals surface area contributed by atoms with E-state index >= 15 is 0 Å². The molecule has 0 saturated carbocycles. The van der Waals surface area contributed by atoms with Gasteiger partial charge in [-0.2, -0.15) is 0 Å². The van der Waals surface area contributed by atoms with Crippen LogP contribution in [0.4, 0.5) is 0 Å². The fourth-order valence-corrected chi connectivity index (χ4v) is 0.771. The summed E-state index contributed by atoms with van der Waals surface area (Å²) in [5, 5.41) is 19.3. The first kappa shape index (κ1) is 7.38. The fourth-order valence-electron chi connectivity index (χ4n) is 0.626. The van der Waals surface area contributed by atoms with Gasteiger partial charge in [-0.25, -0.2) is 5.11 Å². The molecule has 0 aliphatic carbocycles. The molecule has 0 heterocycles. The molecule has 1 N–H and O–H groups in total. The van der Waals surface area contributed by atoms with E-state index in [0.29, 0.717) is 5.56 Å². The second-order valence-electron chi connectivity index (χ2n) is 1.91. The Morgan fingerprint density at radius 1 is 1.30 bits per heavy atom. The molecular weight excluding hydrogens is 152 g/mol. The van der Waals surface area contributed by atoms with E-state index < -0.39 is 5.56 Å². The van der Waals surface area contributed by atoms with Gasteiger partial charge in [-0.05, 0) is 17.7 Å². The van der Waals surface area contributed by atoms with Gasteiger partial charge in [-0.3, -0.25) is 0 Å². The molecule has 0 amide bonds. The van der Waals surface area contributed by atoms with Crippen molar-refractivity contribution >= 4 is 11.6 Å². The zero-order valence-electron chi connectivity index (χ0n) is 5.12. The molecule has 0 saturated heterocycles. The van der Waals surface area contributed by atoms with Crippen LogP contribution >= 0.6 is 11.6 Å². The first-order valence-corrected chi connectivity index (χ1v) is 3.22. The number of rotatable bonds is 1. The topological polar surface area (TPSA) is 40.1 Å². The van der Waals surface area contributed by atoms with Crippen molar-refractivity contribution in [1.29, 1.82) is 0 Å². The molecule has 0 bridgehead atoms. The number of benzene rings is 1. The Hall–Kier alpha value is -0.730. The predicted molar refractivity (Wildman–Crippen MR) is 37.4 cm³/mol. The van der Waals surface area contributed by atoms with E-state index in [4.69, 9.17) is 16.7 Å². The molecule has 0 aromatic heterocycles. The number of halogens is 1. The second-order valence-corrected chi connectivity index (χ2v) is 2.30. The molecule has 1 radical (unpaired) electrons. The quantitative estimate of drug-likeness (QED) is 0.623. The largest absolute Gasteiger partial charge is 0.508 e. The monoisotopic (exact) mass is 157 g/mol. The zero-order chi connectivity index (χ0) is 7.56. The Morgan fingerprint density at radius 2 is 1.80 bits per heavy atom. The van der Waals surface area contributed by atoms with Crippen LogP contribution < -0.4 is 0 Å². The van der Waals surface area contributed by atoms with Gasteiger partial charge in [0.1, 0.15) is 5.75 Å². The Balaban J connectivity index is 2.89. The SMILES string of the molecule is [O]C(Cl)c1ccc(O)cc1. The van der Waals surface area contributed by atoms with E-state index in [1.165, 1.54) is 24.3 Å². The van der Waals surface area contributed by atoms with E-state index in [0.717, 1.165) is 0 Å². The van der Waals surface area contributed by atoms with Crippen LogP contribution in [-0.2, 0) is 5.11 Å². The lowest BCUT2D eigenvalue weighted by atomic mass is 10.2. The molecule has 0 spiro atoms. The van der Waals surface area contributed by atoms with E-state index in [1.807, 2.05) is 0 Å². The maximum atomic E-state index is 10.5. The number of alkyl halides is 1. The van der Waals surface area contributed by atoms with Crippen LogP contribution in [-0.4, -0.2) is 5.11 Å². The van der Waals surface area contributed by atoms with Crippen molar-refractivity contribution in [2.24, 2.45) is 0 Å². The third-order valence-corrected chi connectivity index (χ3v) is 1.41. The van der Waals surface area contributed by atoms with Crippen molar-refractivity contribution in [2.45, 2.75) is 5.56 Å². The van der Waals surface area contributed by atoms with E-state index in [9.17, 15) is 5.11 Å². The van der Waals surface area contributed by atoms with Crippen LogP contribution in [0.15, 0.2) is 24.3 Å². The highest BCUT2D eigenvalue weighted by molar-refractivity contribution is 6.19. The molecule has 53 valence electrons. The average molecular weight is 158 g/mol. The van der Waals surface area contributed by atoms with Crippen molar-refractivity contribution in [3.63, 3.8) is 0 Å². The lowest BCUT2D eigenvalue weighted by molar-refractivity contribution is 0.161. The highest BCUT2D eigenvalue weighted by atomic mass is 35.5. The molecule has 0 aliphatic rings. The van der Waals surface area contributed by atoms with Gasteiger partial charge in [0.25, 0.3) is 0 Å². The van der Waals surface area contributed by atoms with Gasteiger partial charge < -0.3 is 5.11 Å². The molecule has 1 atom stereocenters. The highest BCUT2D eigenvalue weighted by Crippen LogP contribution is 2.19. The maximum absolute atomic E-state index is 10.5. The standard InChI is InChI=1S/C7H6ClO2/c8-7(10)5-1-3-6(9)4-2-5/h1-4,7,9H. The molecule has 10 heavy (non-hydrogen) atoms. The molecule has 0 fully saturated rings. The van der Waals surface area contributed by atoms with Crippen molar-refractivity contribution in [2.75, 3.05) is 0 Å². The van der Waals surface area contributed by atoms with Crippen molar-refractivity contribution < 1.29 is 10.2 Å². The molecule has 3 heteroatoms. The first-order valence-electron chi connectivity index (χ1n) is 2.79. The summed E-state index contributed by atoms with van der Waals surface area (Å²) in [6.45, 7) is 0. The minimum Gasteiger partial charge on any atom is -0.508 e. The summed E-state index contributed by atoms with van der Waals surface area (Å²) < 4.78 is 0. The predicted octanol–water partition coefficient (Wildman–Crippen LogP) is 2.06. The smallest absolute Gasteiger partial charge is 0.191 e. The van der Waals surface area contributed by atoms with Crippen LogP contribution in [0.3, 0.4) is 0 Å². The molecule has 2 nitrogen and oxygen atoms in total. The molecule has 0 aliphatic heterocycles. The van der Waals surface area contributed by atoms with Gasteiger partial charge in [0.05, 0.1) is 0 Å². The summed E-state index contributed by atoms with van der Waals surface area (Å²) in [6.07, 6.45) is 0. The Kier molecular flexibility index (Phi) is 2.14. The van der Waals surface area contributed by atoms with E-state index in [2.05, 4.69) is 0 Å². The summed E-state index contributed by atoms with van der Waals surface area (Å²) >= 11 is 5.22.